The van der Waals surface area contributed by atoms with Gasteiger partial charge in [-0.25, -0.2) is 4.98 Å². The Morgan fingerprint density at radius 2 is 1.49 bits per heavy atom. The van der Waals surface area contributed by atoms with Gasteiger partial charge in [0.15, 0.2) is 0 Å². The smallest absolute Gasteiger partial charge is 0.140 e. The highest BCUT2D eigenvalue weighted by atomic mass is 35.5. The standard InChI is InChI=1S/C30H33Cl2N3/c1-3-5-19-35-28(22-34(18-4-2)21-25-16-17-26(31)20-27(25)32)29(23-12-8-6-9-13-23)33-30(35)24-14-10-7-11-15-24/h6-17,20H,3-5,18-19,21-22H2,1-2H3. The first-order chi connectivity index (χ1) is 17.1. The summed E-state index contributed by atoms with van der Waals surface area (Å²) in [5, 5.41) is 1.38. The maximum absolute atomic E-state index is 6.56. The number of unbranched alkanes of at least 4 members (excludes halogenated alkanes) is 1. The van der Waals surface area contributed by atoms with Crippen LogP contribution in [-0.2, 0) is 19.6 Å². The van der Waals surface area contributed by atoms with Crippen molar-refractivity contribution in [2.45, 2.75) is 52.7 Å². The van der Waals surface area contributed by atoms with E-state index in [-0.39, 0.29) is 0 Å². The van der Waals surface area contributed by atoms with Gasteiger partial charge in [0.1, 0.15) is 5.82 Å². The van der Waals surface area contributed by atoms with Gasteiger partial charge in [0.2, 0.25) is 0 Å². The van der Waals surface area contributed by atoms with Gasteiger partial charge in [-0.3, -0.25) is 4.90 Å². The lowest BCUT2D eigenvalue weighted by molar-refractivity contribution is 0.251. The van der Waals surface area contributed by atoms with Crippen molar-refractivity contribution in [1.29, 1.82) is 0 Å². The summed E-state index contributed by atoms with van der Waals surface area (Å²) in [5.74, 6) is 1.04. The van der Waals surface area contributed by atoms with E-state index < -0.39 is 0 Å². The summed E-state index contributed by atoms with van der Waals surface area (Å²) in [5.41, 5.74) is 5.70. The zero-order valence-electron chi connectivity index (χ0n) is 20.6. The zero-order valence-corrected chi connectivity index (χ0v) is 22.1. The van der Waals surface area contributed by atoms with E-state index in [1.54, 1.807) is 0 Å². The SMILES string of the molecule is CCCCn1c(-c2ccccc2)nc(-c2ccccc2)c1CN(CCC)Cc1ccc(Cl)cc1Cl. The van der Waals surface area contributed by atoms with Gasteiger partial charge >= 0.3 is 0 Å². The summed E-state index contributed by atoms with van der Waals surface area (Å²) in [6.45, 7) is 7.92. The monoisotopic (exact) mass is 505 g/mol. The van der Waals surface area contributed by atoms with Crippen molar-refractivity contribution < 1.29 is 0 Å². The minimum atomic E-state index is 0.664. The summed E-state index contributed by atoms with van der Waals surface area (Å²) < 4.78 is 2.44. The number of hydrogen-bond acceptors (Lipinski definition) is 2. The number of imidazole rings is 1. The lowest BCUT2D eigenvalue weighted by Gasteiger charge is -2.24. The van der Waals surface area contributed by atoms with Gasteiger partial charge in [0.05, 0.1) is 11.4 Å². The molecule has 3 nitrogen and oxygen atoms in total. The van der Waals surface area contributed by atoms with Gasteiger partial charge in [-0.05, 0) is 37.1 Å². The molecule has 0 bridgehead atoms. The Kier molecular flexibility index (Phi) is 9.03. The number of benzene rings is 3. The van der Waals surface area contributed by atoms with Crippen molar-refractivity contribution in [2.24, 2.45) is 0 Å². The molecule has 0 aliphatic rings. The summed E-state index contributed by atoms with van der Waals surface area (Å²) in [4.78, 5) is 7.71. The number of aromatic nitrogens is 2. The van der Waals surface area contributed by atoms with Crippen LogP contribution < -0.4 is 0 Å². The minimum absolute atomic E-state index is 0.664. The highest BCUT2D eigenvalue weighted by Gasteiger charge is 2.22. The van der Waals surface area contributed by atoms with Crippen LogP contribution in [0.5, 0.6) is 0 Å². The molecule has 3 aromatic carbocycles. The summed E-state index contributed by atoms with van der Waals surface area (Å²) in [7, 11) is 0. The molecule has 182 valence electrons. The molecule has 0 aliphatic carbocycles. The maximum Gasteiger partial charge on any atom is 0.140 e. The molecule has 5 heteroatoms. The highest BCUT2D eigenvalue weighted by Crippen LogP contribution is 2.32. The first-order valence-corrected chi connectivity index (χ1v) is 13.2. The first-order valence-electron chi connectivity index (χ1n) is 12.5. The quantitative estimate of drug-likeness (QED) is 0.203. The second kappa shape index (κ2) is 12.4. The Morgan fingerprint density at radius 1 is 0.800 bits per heavy atom. The molecule has 0 amide bonds. The Balaban J connectivity index is 1.80. The van der Waals surface area contributed by atoms with Gasteiger partial charge in [-0.2, -0.15) is 0 Å². The Hall–Kier alpha value is -2.59. The van der Waals surface area contributed by atoms with Crippen LogP contribution in [0.4, 0.5) is 0 Å². The molecule has 1 heterocycles. The molecule has 0 N–H and O–H groups in total. The molecule has 4 rings (SSSR count). The van der Waals surface area contributed by atoms with E-state index in [0.29, 0.717) is 10.0 Å². The molecular weight excluding hydrogens is 473 g/mol. The third kappa shape index (κ3) is 6.35. The predicted molar refractivity (Wildman–Crippen MR) is 149 cm³/mol. The van der Waals surface area contributed by atoms with Crippen molar-refractivity contribution in [1.82, 2.24) is 14.5 Å². The van der Waals surface area contributed by atoms with Crippen LogP contribution in [0.2, 0.25) is 10.0 Å². The van der Waals surface area contributed by atoms with Crippen molar-refractivity contribution in [3.63, 3.8) is 0 Å². The van der Waals surface area contributed by atoms with Gasteiger partial charge in [-0.15, -0.1) is 0 Å². The number of rotatable bonds is 11. The molecule has 0 radical (unpaired) electrons. The fraction of sp³-hybridized carbons (Fsp3) is 0.300. The van der Waals surface area contributed by atoms with Crippen LogP contribution in [0.25, 0.3) is 22.6 Å². The van der Waals surface area contributed by atoms with Crippen LogP contribution in [0, 0.1) is 0 Å². The van der Waals surface area contributed by atoms with E-state index >= 15 is 0 Å². The number of nitrogens with zero attached hydrogens (tertiary/aromatic N) is 3. The van der Waals surface area contributed by atoms with Gasteiger partial charge in [0, 0.05) is 40.8 Å². The van der Waals surface area contributed by atoms with Crippen molar-refractivity contribution in [3.05, 3.63) is 100 Å². The van der Waals surface area contributed by atoms with E-state index in [2.05, 4.69) is 84.0 Å². The molecule has 0 fully saturated rings. The van der Waals surface area contributed by atoms with Gasteiger partial charge < -0.3 is 4.57 Å². The normalized spacial score (nSPS) is 11.3. The van der Waals surface area contributed by atoms with Gasteiger partial charge in [0.25, 0.3) is 0 Å². The molecule has 4 aromatic rings. The fourth-order valence-corrected chi connectivity index (χ4v) is 4.94. The average Bonchev–Trinajstić information content (AvgIpc) is 3.23. The number of hydrogen-bond donors (Lipinski definition) is 0. The molecule has 0 saturated heterocycles. The van der Waals surface area contributed by atoms with E-state index in [0.717, 1.165) is 73.7 Å². The van der Waals surface area contributed by atoms with Crippen LogP contribution in [0.15, 0.2) is 78.9 Å². The largest absolute Gasteiger partial charge is 0.326 e. The Labute approximate surface area is 219 Å². The van der Waals surface area contributed by atoms with Gasteiger partial charge in [-0.1, -0.05) is 110 Å². The van der Waals surface area contributed by atoms with Crippen LogP contribution in [0.3, 0.4) is 0 Å². The molecule has 0 atom stereocenters. The predicted octanol–water partition coefficient (Wildman–Crippen LogP) is 8.74. The second-order valence-corrected chi connectivity index (χ2v) is 9.76. The van der Waals surface area contributed by atoms with E-state index in [4.69, 9.17) is 28.2 Å². The maximum atomic E-state index is 6.56. The zero-order chi connectivity index (χ0) is 24.6. The third-order valence-corrected chi connectivity index (χ3v) is 6.80. The minimum Gasteiger partial charge on any atom is -0.326 e. The van der Waals surface area contributed by atoms with Crippen molar-refractivity contribution in [3.8, 4) is 22.6 Å². The second-order valence-electron chi connectivity index (χ2n) is 8.91. The molecule has 1 aromatic heterocycles. The molecule has 35 heavy (non-hydrogen) atoms. The lowest BCUT2D eigenvalue weighted by atomic mass is 10.1. The van der Waals surface area contributed by atoms with Crippen LogP contribution in [-0.4, -0.2) is 21.0 Å². The molecule has 0 unspecified atom stereocenters. The molecule has 0 spiro atoms. The highest BCUT2D eigenvalue weighted by molar-refractivity contribution is 6.35. The van der Waals surface area contributed by atoms with Crippen LogP contribution >= 0.6 is 23.2 Å². The Bertz CT molecular complexity index is 1220. The van der Waals surface area contributed by atoms with E-state index in [9.17, 15) is 0 Å². The fourth-order valence-electron chi connectivity index (χ4n) is 4.47. The summed E-state index contributed by atoms with van der Waals surface area (Å²) in [6.07, 6.45) is 3.29. The Morgan fingerprint density at radius 3 is 2.11 bits per heavy atom. The van der Waals surface area contributed by atoms with E-state index in [1.807, 2.05) is 18.2 Å². The van der Waals surface area contributed by atoms with Crippen molar-refractivity contribution >= 4 is 23.2 Å². The lowest BCUT2D eigenvalue weighted by Crippen LogP contribution is -2.26. The molecule has 0 aliphatic heterocycles. The van der Waals surface area contributed by atoms with Crippen molar-refractivity contribution in [2.75, 3.05) is 6.54 Å². The first kappa shape index (κ1) is 25.5. The topological polar surface area (TPSA) is 21.1 Å². The molecular formula is C30H33Cl2N3. The number of halogens is 2. The van der Waals surface area contributed by atoms with Crippen LogP contribution in [0.1, 0.15) is 44.4 Å². The molecule has 0 saturated carbocycles. The average molecular weight is 507 g/mol. The summed E-state index contributed by atoms with van der Waals surface area (Å²) >= 11 is 12.7. The summed E-state index contributed by atoms with van der Waals surface area (Å²) in [6, 6.07) is 26.9. The van der Waals surface area contributed by atoms with E-state index in [1.165, 1.54) is 5.69 Å². The third-order valence-electron chi connectivity index (χ3n) is 6.21.